The Bertz CT molecular complexity index is 764. The van der Waals surface area contributed by atoms with Crippen LogP contribution in [0.2, 0.25) is 5.02 Å². The van der Waals surface area contributed by atoms with Crippen molar-refractivity contribution >= 4 is 17.5 Å². The molecule has 1 saturated heterocycles. The maximum atomic E-state index is 13.2. The Morgan fingerprint density at radius 2 is 1.81 bits per heavy atom. The highest BCUT2D eigenvalue weighted by atomic mass is 35.5. The normalized spacial score (nSPS) is 16.3. The van der Waals surface area contributed by atoms with E-state index in [1.165, 1.54) is 17.7 Å². The predicted molar refractivity (Wildman–Crippen MR) is 105 cm³/mol. The SMILES string of the molecule is O=C(c1ccc(F)cc1Cl)N1CCN(CC(O)CCc2ccccc2)CC1. The summed E-state index contributed by atoms with van der Waals surface area (Å²) in [5.74, 6) is -0.630. The topological polar surface area (TPSA) is 43.8 Å². The number of nitrogens with zero attached hydrogens (tertiary/aromatic N) is 2. The van der Waals surface area contributed by atoms with E-state index in [9.17, 15) is 14.3 Å². The first-order chi connectivity index (χ1) is 13.0. The molecular weight excluding hydrogens is 367 g/mol. The molecule has 4 nitrogen and oxygen atoms in total. The molecule has 0 aromatic heterocycles. The number of aryl methyl sites for hydroxylation is 1. The number of aliphatic hydroxyl groups is 1. The van der Waals surface area contributed by atoms with E-state index < -0.39 is 5.82 Å². The number of hydrogen-bond donors (Lipinski definition) is 1. The number of piperazine rings is 1. The Balaban J connectivity index is 1.45. The number of hydrogen-bond acceptors (Lipinski definition) is 3. The van der Waals surface area contributed by atoms with Gasteiger partial charge in [-0.25, -0.2) is 4.39 Å². The summed E-state index contributed by atoms with van der Waals surface area (Å²) in [4.78, 5) is 16.5. The van der Waals surface area contributed by atoms with Crippen LogP contribution in [0.1, 0.15) is 22.3 Å². The summed E-state index contributed by atoms with van der Waals surface area (Å²) in [6.45, 7) is 3.14. The van der Waals surface area contributed by atoms with Crippen LogP contribution < -0.4 is 0 Å². The van der Waals surface area contributed by atoms with E-state index in [1.807, 2.05) is 18.2 Å². The summed E-state index contributed by atoms with van der Waals surface area (Å²) < 4.78 is 13.2. The zero-order chi connectivity index (χ0) is 19.2. The van der Waals surface area contributed by atoms with Crippen molar-refractivity contribution in [1.82, 2.24) is 9.80 Å². The molecule has 0 radical (unpaired) electrons. The average Bonchev–Trinajstić information content (AvgIpc) is 2.67. The van der Waals surface area contributed by atoms with Gasteiger partial charge in [0.2, 0.25) is 0 Å². The van der Waals surface area contributed by atoms with Crippen molar-refractivity contribution in [1.29, 1.82) is 0 Å². The molecule has 0 aliphatic carbocycles. The van der Waals surface area contributed by atoms with Gasteiger partial charge in [-0.3, -0.25) is 9.69 Å². The number of β-amino-alcohol motifs (C(OH)–C–C–N with tert-alkyl or cyclic N) is 1. The molecule has 0 saturated carbocycles. The van der Waals surface area contributed by atoms with Crippen LogP contribution in [0.5, 0.6) is 0 Å². The zero-order valence-electron chi connectivity index (χ0n) is 15.2. The van der Waals surface area contributed by atoms with Crippen molar-refractivity contribution in [3.8, 4) is 0 Å². The van der Waals surface area contributed by atoms with Gasteiger partial charge in [0.05, 0.1) is 16.7 Å². The molecule has 1 fully saturated rings. The van der Waals surface area contributed by atoms with Gasteiger partial charge < -0.3 is 10.0 Å². The first-order valence-electron chi connectivity index (χ1n) is 9.21. The minimum atomic E-state index is -0.453. The smallest absolute Gasteiger partial charge is 0.255 e. The van der Waals surface area contributed by atoms with Gasteiger partial charge in [0.15, 0.2) is 0 Å². The van der Waals surface area contributed by atoms with Gasteiger partial charge in [0.25, 0.3) is 5.91 Å². The standard InChI is InChI=1S/C21H24ClFN2O2/c22-20-14-17(23)7-9-19(20)21(27)25-12-10-24(11-13-25)15-18(26)8-6-16-4-2-1-3-5-16/h1-5,7,9,14,18,26H,6,8,10-13,15H2. The predicted octanol–water partition coefficient (Wildman–Crippen LogP) is 3.23. The van der Waals surface area contributed by atoms with Crippen molar-refractivity contribution in [2.24, 2.45) is 0 Å². The fourth-order valence-corrected chi connectivity index (χ4v) is 3.58. The lowest BCUT2D eigenvalue weighted by molar-refractivity contribution is 0.0516. The van der Waals surface area contributed by atoms with E-state index in [-0.39, 0.29) is 17.0 Å². The molecule has 2 aromatic carbocycles. The first kappa shape index (κ1) is 19.8. The molecule has 1 unspecified atom stereocenters. The first-order valence-corrected chi connectivity index (χ1v) is 9.59. The van der Waals surface area contributed by atoms with Gasteiger partial charge in [0.1, 0.15) is 5.82 Å². The Morgan fingerprint density at radius 1 is 1.11 bits per heavy atom. The molecule has 6 heteroatoms. The van der Waals surface area contributed by atoms with Gasteiger partial charge in [-0.15, -0.1) is 0 Å². The molecule has 0 bridgehead atoms. The third-order valence-corrected chi connectivity index (χ3v) is 5.21. The summed E-state index contributed by atoms with van der Waals surface area (Å²) in [7, 11) is 0. The number of carbonyl (C=O) groups is 1. The van der Waals surface area contributed by atoms with Crippen LogP contribution in [0.3, 0.4) is 0 Å². The van der Waals surface area contributed by atoms with Crippen molar-refractivity contribution in [2.45, 2.75) is 18.9 Å². The molecule has 1 heterocycles. The lowest BCUT2D eigenvalue weighted by Gasteiger charge is -2.35. The lowest BCUT2D eigenvalue weighted by Crippen LogP contribution is -2.50. The number of aliphatic hydroxyl groups excluding tert-OH is 1. The third-order valence-electron chi connectivity index (χ3n) is 4.90. The number of amides is 1. The molecule has 1 N–H and O–H groups in total. The summed E-state index contributed by atoms with van der Waals surface area (Å²) >= 11 is 6.00. The van der Waals surface area contributed by atoms with Gasteiger partial charge >= 0.3 is 0 Å². The van der Waals surface area contributed by atoms with Crippen LogP contribution in [-0.4, -0.2) is 59.6 Å². The van der Waals surface area contributed by atoms with E-state index in [0.29, 0.717) is 44.7 Å². The van der Waals surface area contributed by atoms with E-state index in [0.717, 1.165) is 12.5 Å². The highest BCUT2D eigenvalue weighted by Gasteiger charge is 2.24. The molecule has 3 rings (SSSR count). The van der Waals surface area contributed by atoms with Crippen LogP contribution in [0.4, 0.5) is 4.39 Å². The van der Waals surface area contributed by atoms with Crippen molar-refractivity contribution in [3.63, 3.8) is 0 Å². The van der Waals surface area contributed by atoms with Gasteiger partial charge in [0, 0.05) is 32.7 Å². The highest BCUT2D eigenvalue weighted by molar-refractivity contribution is 6.33. The Labute approximate surface area is 164 Å². The van der Waals surface area contributed by atoms with Crippen LogP contribution >= 0.6 is 11.6 Å². The monoisotopic (exact) mass is 390 g/mol. The number of rotatable bonds is 6. The zero-order valence-corrected chi connectivity index (χ0v) is 15.9. The molecule has 1 aliphatic rings. The van der Waals surface area contributed by atoms with E-state index >= 15 is 0 Å². The molecule has 2 aromatic rings. The average molecular weight is 391 g/mol. The highest BCUT2D eigenvalue weighted by Crippen LogP contribution is 2.20. The summed E-state index contributed by atoms with van der Waals surface area (Å²) in [5, 5.41) is 10.4. The molecule has 1 aliphatic heterocycles. The van der Waals surface area contributed by atoms with Crippen LogP contribution in [-0.2, 0) is 6.42 Å². The third kappa shape index (κ3) is 5.51. The minimum absolute atomic E-state index is 0.138. The molecule has 144 valence electrons. The second-order valence-corrected chi connectivity index (χ2v) is 7.30. The van der Waals surface area contributed by atoms with Crippen molar-refractivity contribution in [3.05, 3.63) is 70.5 Å². The minimum Gasteiger partial charge on any atom is -0.392 e. The number of halogens is 2. The van der Waals surface area contributed by atoms with Gasteiger partial charge in [-0.2, -0.15) is 0 Å². The number of carbonyl (C=O) groups excluding carboxylic acids is 1. The van der Waals surface area contributed by atoms with Gasteiger partial charge in [-0.05, 0) is 36.6 Å². The quantitative estimate of drug-likeness (QED) is 0.823. The van der Waals surface area contributed by atoms with E-state index in [1.54, 1.807) is 4.90 Å². The molecular formula is C21H24ClFN2O2. The molecule has 27 heavy (non-hydrogen) atoms. The largest absolute Gasteiger partial charge is 0.392 e. The van der Waals surface area contributed by atoms with E-state index in [2.05, 4.69) is 17.0 Å². The van der Waals surface area contributed by atoms with Crippen molar-refractivity contribution < 1.29 is 14.3 Å². The Morgan fingerprint density at radius 3 is 2.48 bits per heavy atom. The van der Waals surface area contributed by atoms with Crippen LogP contribution in [0.15, 0.2) is 48.5 Å². The summed E-state index contributed by atoms with van der Waals surface area (Å²) in [5.41, 5.74) is 1.55. The van der Waals surface area contributed by atoms with Crippen molar-refractivity contribution in [2.75, 3.05) is 32.7 Å². The Kier molecular flexibility index (Phi) is 6.83. The van der Waals surface area contributed by atoms with Crippen LogP contribution in [0.25, 0.3) is 0 Å². The Hall–Kier alpha value is -1.95. The maximum absolute atomic E-state index is 13.2. The fourth-order valence-electron chi connectivity index (χ4n) is 3.33. The summed E-state index contributed by atoms with van der Waals surface area (Å²) in [6, 6.07) is 14.0. The molecule has 1 atom stereocenters. The number of benzene rings is 2. The maximum Gasteiger partial charge on any atom is 0.255 e. The van der Waals surface area contributed by atoms with Crippen LogP contribution in [0, 0.1) is 5.82 Å². The van der Waals surface area contributed by atoms with E-state index in [4.69, 9.17) is 11.6 Å². The second-order valence-electron chi connectivity index (χ2n) is 6.90. The molecule has 0 spiro atoms. The fraction of sp³-hybridized carbons (Fsp3) is 0.381. The second kappa shape index (κ2) is 9.31. The molecule has 1 amide bonds. The summed E-state index contributed by atoms with van der Waals surface area (Å²) in [6.07, 6.45) is 1.18. The lowest BCUT2D eigenvalue weighted by atomic mass is 10.1. The van der Waals surface area contributed by atoms with Gasteiger partial charge in [-0.1, -0.05) is 41.9 Å².